The molecule has 1 N–H and O–H groups in total. The van der Waals surface area contributed by atoms with Gasteiger partial charge in [0.2, 0.25) is 0 Å². The average molecular weight is 280 g/mol. The van der Waals surface area contributed by atoms with Crippen molar-refractivity contribution in [2.45, 2.75) is 19.0 Å². The number of hydrogen-bond donors (Lipinski definition) is 1. The topological polar surface area (TPSA) is 34.1 Å². The SMILES string of the molecule is COc1cc(C)nc(CNCCSC(F)(F)F)c1. The van der Waals surface area contributed by atoms with Gasteiger partial charge in [-0.1, -0.05) is 0 Å². The minimum Gasteiger partial charge on any atom is -0.497 e. The number of methoxy groups -OCH3 is 1. The van der Waals surface area contributed by atoms with E-state index in [1.807, 2.05) is 6.92 Å². The van der Waals surface area contributed by atoms with Crippen molar-refractivity contribution in [3.8, 4) is 5.75 Å². The van der Waals surface area contributed by atoms with Gasteiger partial charge in [-0.15, -0.1) is 0 Å². The monoisotopic (exact) mass is 280 g/mol. The smallest absolute Gasteiger partial charge is 0.441 e. The fourth-order valence-corrected chi connectivity index (χ4v) is 1.84. The van der Waals surface area contributed by atoms with Crippen LogP contribution in [0.4, 0.5) is 13.2 Å². The van der Waals surface area contributed by atoms with Gasteiger partial charge < -0.3 is 10.1 Å². The number of thioether (sulfide) groups is 1. The molecule has 0 saturated carbocycles. The second-order valence-corrected chi connectivity index (χ2v) is 4.77. The molecular weight excluding hydrogens is 265 g/mol. The predicted molar refractivity (Wildman–Crippen MR) is 65.7 cm³/mol. The van der Waals surface area contributed by atoms with Crippen LogP contribution in [-0.2, 0) is 6.54 Å². The van der Waals surface area contributed by atoms with Crippen LogP contribution in [0.3, 0.4) is 0 Å². The molecule has 0 aromatic carbocycles. The molecule has 1 aromatic rings. The molecule has 0 radical (unpaired) electrons. The lowest BCUT2D eigenvalue weighted by atomic mass is 10.3. The number of pyridine rings is 1. The lowest BCUT2D eigenvalue weighted by molar-refractivity contribution is -0.0327. The molecule has 0 aliphatic carbocycles. The van der Waals surface area contributed by atoms with Gasteiger partial charge in [-0.2, -0.15) is 13.2 Å². The van der Waals surface area contributed by atoms with E-state index in [-0.39, 0.29) is 24.1 Å². The fraction of sp³-hybridized carbons (Fsp3) is 0.545. The molecule has 0 aliphatic heterocycles. The maximum absolute atomic E-state index is 11.9. The highest BCUT2D eigenvalue weighted by molar-refractivity contribution is 8.00. The summed E-state index contributed by atoms with van der Waals surface area (Å²) in [6.45, 7) is 2.55. The van der Waals surface area contributed by atoms with Crippen LogP contribution in [0.25, 0.3) is 0 Å². The van der Waals surface area contributed by atoms with Crippen molar-refractivity contribution in [1.82, 2.24) is 10.3 Å². The van der Waals surface area contributed by atoms with Crippen molar-refractivity contribution in [2.75, 3.05) is 19.4 Å². The summed E-state index contributed by atoms with van der Waals surface area (Å²) in [5.74, 6) is 0.691. The Labute approximate surface area is 108 Å². The molecule has 0 aliphatic rings. The van der Waals surface area contributed by atoms with Gasteiger partial charge in [-0.25, -0.2) is 0 Å². The first kappa shape index (κ1) is 15.1. The van der Waals surface area contributed by atoms with Gasteiger partial charge in [0, 0.05) is 36.7 Å². The van der Waals surface area contributed by atoms with Crippen molar-refractivity contribution in [3.63, 3.8) is 0 Å². The largest absolute Gasteiger partial charge is 0.497 e. The Morgan fingerprint density at radius 2 is 2.11 bits per heavy atom. The summed E-state index contributed by atoms with van der Waals surface area (Å²) in [4.78, 5) is 4.26. The van der Waals surface area contributed by atoms with E-state index in [1.54, 1.807) is 19.2 Å². The Hall–Kier alpha value is -0.950. The van der Waals surface area contributed by atoms with E-state index in [0.717, 1.165) is 11.4 Å². The van der Waals surface area contributed by atoms with Crippen molar-refractivity contribution in [2.24, 2.45) is 0 Å². The summed E-state index contributed by atoms with van der Waals surface area (Å²) in [6.07, 6.45) is 0. The molecule has 0 amide bonds. The quantitative estimate of drug-likeness (QED) is 0.813. The van der Waals surface area contributed by atoms with E-state index < -0.39 is 5.51 Å². The van der Waals surface area contributed by atoms with Gasteiger partial charge in [-0.3, -0.25) is 4.98 Å². The number of alkyl halides is 3. The average Bonchev–Trinajstić information content (AvgIpc) is 2.26. The van der Waals surface area contributed by atoms with E-state index in [1.165, 1.54) is 0 Å². The number of nitrogens with zero attached hydrogens (tertiary/aromatic N) is 1. The van der Waals surface area contributed by atoms with Crippen LogP contribution in [0, 0.1) is 6.92 Å². The second-order valence-electron chi connectivity index (χ2n) is 3.61. The molecule has 1 rings (SSSR count). The third-order valence-corrected chi connectivity index (χ3v) is 2.80. The molecule has 0 bridgehead atoms. The molecule has 0 atom stereocenters. The van der Waals surface area contributed by atoms with Gasteiger partial charge in [0.05, 0.1) is 12.8 Å². The number of aryl methyl sites for hydroxylation is 1. The van der Waals surface area contributed by atoms with Crippen molar-refractivity contribution in [1.29, 1.82) is 0 Å². The van der Waals surface area contributed by atoms with E-state index in [4.69, 9.17) is 4.74 Å². The minimum absolute atomic E-state index is 0.00749. The zero-order chi connectivity index (χ0) is 13.6. The first-order valence-corrected chi connectivity index (χ1v) is 6.32. The Morgan fingerprint density at radius 1 is 1.39 bits per heavy atom. The number of rotatable bonds is 6. The highest BCUT2D eigenvalue weighted by Gasteiger charge is 2.27. The van der Waals surface area contributed by atoms with E-state index in [9.17, 15) is 13.2 Å². The molecule has 18 heavy (non-hydrogen) atoms. The summed E-state index contributed by atoms with van der Waals surface area (Å²) >= 11 is -0.0281. The van der Waals surface area contributed by atoms with Crippen LogP contribution >= 0.6 is 11.8 Å². The lowest BCUT2D eigenvalue weighted by Crippen LogP contribution is -2.19. The molecule has 3 nitrogen and oxygen atoms in total. The van der Waals surface area contributed by atoms with Crippen LogP contribution < -0.4 is 10.1 Å². The van der Waals surface area contributed by atoms with E-state index in [2.05, 4.69) is 10.3 Å². The maximum atomic E-state index is 11.9. The maximum Gasteiger partial charge on any atom is 0.441 e. The van der Waals surface area contributed by atoms with Crippen LogP contribution in [0.1, 0.15) is 11.4 Å². The Bertz CT molecular complexity index is 385. The van der Waals surface area contributed by atoms with Crippen LogP contribution in [0.15, 0.2) is 12.1 Å². The molecule has 0 spiro atoms. The summed E-state index contributed by atoms with van der Waals surface area (Å²) in [6, 6.07) is 3.56. The highest BCUT2D eigenvalue weighted by Crippen LogP contribution is 2.29. The molecule has 1 heterocycles. The molecule has 0 saturated heterocycles. The van der Waals surface area contributed by atoms with E-state index >= 15 is 0 Å². The van der Waals surface area contributed by atoms with Crippen LogP contribution in [-0.4, -0.2) is 29.9 Å². The standard InChI is InChI=1S/C11H15F3N2OS/c1-8-5-10(17-2)6-9(16-8)7-15-3-4-18-11(12,13)14/h5-6,15H,3-4,7H2,1-2H3. The number of hydrogen-bond acceptors (Lipinski definition) is 4. The number of halogens is 3. The number of nitrogens with one attached hydrogen (secondary N) is 1. The summed E-state index contributed by atoms with van der Waals surface area (Å²) in [7, 11) is 1.56. The molecule has 1 aromatic heterocycles. The summed E-state index contributed by atoms with van der Waals surface area (Å²) < 4.78 is 40.7. The Kier molecular flexibility index (Phi) is 5.74. The van der Waals surface area contributed by atoms with Gasteiger partial charge in [0.25, 0.3) is 0 Å². The normalized spacial score (nSPS) is 11.6. The van der Waals surface area contributed by atoms with Gasteiger partial charge in [0.15, 0.2) is 0 Å². The number of aromatic nitrogens is 1. The third-order valence-electron chi connectivity index (χ3n) is 2.07. The van der Waals surface area contributed by atoms with Gasteiger partial charge in [-0.05, 0) is 18.7 Å². The lowest BCUT2D eigenvalue weighted by Gasteiger charge is -2.08. The van der Waals surface area contributed by atoms with Crippen molar-refractivity contribution < 1.29 is 17.9 Å². The zero-order valence-corrected chi connectivity index (χ0v) is 11.0. The Morgan fingerprint density at radius 3 is 2.72 bits per heavy atom. The van der Waals surface area contributed by atoms with Crippen LogP contribution in [0.5, 0.6) is 5.75 Å². The van der Waals surface area contributed by atoms with Gasteiger partial charge in [0.1, 0.15) is 5.75 Å². The molecular formula is C11H15F3N2OS. The van der Waals surface area contributed by atoms with E-state index in [0.29, 0.717) is 12.3 Å². The summed E-state index contributed by atoms with van der Waals surface area (Å²) in [5, 5.41) is 2.91. The first-order chi connectivity index (χ1) is 8.40. The fourth-order valence-electron chi connectivity index (χ4n) is 1.37. The molecule has 102 valence electrons. The second kappa shape index (κ2) is 6.84. The molecule has 0 unspecified atom stereocenters. The Balaban J connectivity index is 2.33. The van der Waals surface area contributed by atoms with Crippen LogP contribution in [0.2, 0.25) is 0 Å². The third kappa shape index (κ3) is 6.11. The predicted octanol–water partition coefficient (Wildman–Crippen LogP) is 2.74. The van der Waals surface area contributed by atoms with Crippen molar-refractivity contribution >= 4 is 11.8 Å². The molecule has 0 fully saturated rings. The first-order valence-electron chi connectivity index (χ1n) is 5.33. The molecule has 7 heteroatoms. The minimum atomic E-state index is -4.16. The van der Waals surface area contributed by atoms with Crippen molar-refractivity contribution in [3.05, 3.63) is 23.5 Å². The number of ether oxygens (including phenoxy) is 1. The summed E-state index contributed by atoms with van der Waals surface area (Å²) in [5.41, 5.74) is -2.59. The van der Waals surface area contributed by atoms with Gasteiger partial charge >= 0.3 is 5.51 Å². The highest BCUT2D eigenvalue weighted by atomic mass is 32.2. The zero-order valence-electron chi connectivity index (χ0n) is 10.2.